The highest BCUT2D eigenvalue weighted by atomic mass is 35.5. The number of hydrogen-bond acceptors (Lipinski definition) is 3. The van der Waals surface area contributed by atoms with E-state index in [1.54, 1.807) is 24.3 Å². The van der Waals surface area contributed by atoms with Gasteiger partial charge in [-0.15, -0.1) is 0 Å². The van der Waals surface area contributed by atoms with Gasteiger partial charge in [-0.2, -0.15) is 0 Å². The maximum atomic E-state index is 13.0. The highest BCUT2D eigenvalue weighted by molar-refractivity contribution is 6.35. The molecule has 2 aromatic rings. The van der Waals surface area contributed by atoms with Gasteiger partial charge < -0.3 is 10.2 Å². The number of piperazine rings is 1. The highest BCUT2D eigenvalue weighted by Gasteiger charge is 2.19. The average molecular weight is 410 g/mol. The standard InChI is InChI=1S/C20H22Cl2FN3O/c21-16-2-1-15(19(22)13-16)7-8-24-20(27)14-25-9-11-26(12-10-25)18-5-3-17(23)4-6-18/h1-6,13H,7-12,14H2,(H,24,27). The van der Waals surface area contributed by atoms with Crippen LogP contribution in [-0.4, -0.2) is 50.1 Å². The van der Waals surface area contributed by atoms with Crippen molar-refractivity contribution in [2.75, 3.05) is 44.2 Å². The monoisotopic (exact) mass is 409 g/mol. The quantitative estimate of drug-likeness (QED) is 0.791. The molecule has 0 saturated carbocycles. The molecular formula is C20H22Cl2FN3O. The van der Waals surface area contributed by atoms with Crippen molar-refractivity contribution < 1.29 is 9.18 Å². The lowest BCUT2D eigenvalue weighted by Gasteiger charge is -2.35. The second kappa shape index (κ2) is 9.40. The van der Waals surface area contributed by atoms with Gasteiger partial charge in [0.1, 0.15) is 5.82 Å². The van der Waals surface area contributed by atoms with Gasteiger partial charge in [-0.1, -0.05) is 29.3 Å². The molecular weight excluding hydrogens is 388 g/mol. The van der Waals surface area contributed by atoms with Crippen LogP contribution in [0.15, 0.2) is 42.5 Å². The summed E-state index contributed by atoms with van der Waals surface area (Å²) < 4.78 is 13.0. The molecule has 1 aliphatic heterocycles. The minimum atomic E-state index is -0.228. The largest absolute Gasteiger partial charge is 0.369 e. The molecule has 1 aliphatic rings. The van der Waals surface area contributed by atoms with E-state index >= 15 is 0 Å². The molecule has 1 heterocycles. The molecule has 3 rings (SSSR count). The van der Waals surface area contributed by atoms with Gasteiger partial charge >= 0.3 is 0 Å². The van der Waals surface area contributed by atoms with E-state index in [1.807, 2.05) is 6.07 Å². The third-order valence-electron chi connectivity index (χ3n) is 4.66. The molecule has 7 heteroatoms. The fourth-order valence-corrected chi connectivity index (χ4v) is 3.64. The summed E-state index contributed by atoms with van der Waals surface area (Å²) in [6.07, 6.45) is 0.667. The molecule has 2 aromatic carbocycles. The summed E-state index contributed by atoms with van der Waals surface area (Å²) in [6, 6.07) is 11.9. The van der Waals surface area contributed by atoms with E-state index in [0.717, 1.165) is 37.4 Å². The van der Waals surface area contributed by atoms with Crippen molar-refractivity contribution in [3.8, 4) is 0 Å². The fraction of sp³-hybridized carbons (Fsp3) is 0.350. The first-order chi connectivity index (χ1) is 13.0. The van der Waals surface area contributed by atoms with E-state index in [-0.39, 0.29) is 11.7 Å². The van der Waals surface area contributed by atoms with Gasteiger partial charge in [0.25, 0.3) is 0 Å². The van der Waals surface area contributed by atoms with E-state index in [9.17, 15) is 9.18 Å². The molecule has 0 unspecified atom stereocenters. The Morgan fingerprint density at radius 3 is 2.41 bits per heavy atom. The number of carbonyl (C=O) groups excluding carboxylic acids is 1. The molecule has 0 bridgehead atoms. The van der Waals surface area contributed by atoms with Gasteiger partial charge in [0.05, 0.1) is 6.54 Å². The summed E-state index contributed by atoms with van der Waals surface area (Å²) in [7, 11) is 0. The zero-order valence-corrected chi connectivity index (χ0v) is 16.4. The first kappa shape index (κ1) is 19.9. The maximum Gasteiger partial charge on any atom is 0.234 e. The third kappa shape index (κ3) is 5.83. The summed E-state index contributed by atoms with van der Waals surface area (Å²) in [4.78, 5) is 16.5. The molecule has 1 fully saturated rings. The Labute approximate surface area is 168 Å². The summed E-state index contributed by atoms with van der Waals surface area (Å²) in [6.45, 7) is 4.15. The SMILES string of the molecule is O=C(CN1CCN(c2ccc(F)cc2)CC1)NCCc1ccc(Cl)cc1Cl. The van der Waals surface area contributed by atoms with Crippen molar-refractivity contribution in [2.45, 2.75) is 6.42 Å². The number of benzene rings is 2. The van der Waals surface area contributed by atoms with Crippen LogP contribution in [0, 0.1) is 5.82 Å². The van der Waals surface area contributed by atoms with E-state index in [0.29, 0.717) is 29.6 Å². The number of nitrogens with zero attached hydrogens (tertiary/aromatic N) is 2. The third-order valence-corrected chi connectivity index (χ3v) is 5.25. The number of halogens is 3. The summed E-state index contributed by atoms with van der Waals surface area (Å²) in [5, 5.41) is 4.17. The molecule has 1 saturated heterocycles. The van der Waals surface area contributed by atoms with Crippen LogP contribution in [-0.2, 0) is 11.2 Å². The summed E-state index contributed by atoms with van der Waals surface area (Å²) in [5.41, 5.74) is 1.98. The van der Waals surface area contributed by atoms with Crippen molar-refractivity contribution in [3.05, 3.63) is 63.9 Å². The highest BCUT2D eigenvalue weighted by Crippen LogP contribution is 2.21. The van der Waals surface area contributed by atoms with E-state index < -0.39 is 0 Å². The predicted molar refractivity (Wildman–Crippen MR) is 108 cm³/mol. The van der Waals surface area contributed by atoms with Crippen molar-refractivity contribution in [1.82, 2.24) is 10.2 Å². The molecule has 144 valence electrons. The lowest BCUT2D eigenvalue weighted by atomic mass is 10.1. The first-order valence-electron chi connectivity index (χ1n) is 8.95. The van der Waals surface area contributed by atoms with Crippen molar-refractivity contribution >= 4 is 34.8 Å². The van der Waals surface area contributed by atoms with Crippen LogP contribution in [0.3, 0.4) is 0 Å². The van der Waals surface area contributed by atoms with Crippen molar-refractivity contribution in [3.63, 3.8) is 0 Å². The van der Waals surface area contributed by atoms with Gasteiger partial charge in [0.15, 0.2) is 0 Å². The summed E-state index contributed by atoms with van der Waals surface area (Å²) >= 11 is 12.0. The zero-order valence-electron chi connectivity index (χ0n) is 14.9. The first-order valence-corrected chi connectivity index (χ1v) is 9.70. The Kier molecular flexibility index (Phi) is 6.94. The van der Waals surface area contributed by atoms with Gasteiger partial charge in [0, 0.05) is 48.5 Å². The van der Waals surface area contributed by atoms with Crippen LogP contribution in [0.1, 0.15) is 5.56 Å². The molecule has 1 N–H and O–H groups in total. The van der Waals surface area contributed by atoms with Gasteiger partial charge in [-0.25, -0.2) is 4.39 Å². The van der Waals surface area contributed by atoms with E-state index in [1.165, 1.54) is 12.1 Å². The van der Waals surface area contributed by atoms with Crippen LogP contribution in [0.2, 0.25) is 10.0 Å². The van der Waals surface area contributed by atoms with Gasteiger partial charge in [-0.3, -0.25) is 9.69 Å². The number of hydrogen-bond donors (Lipinski definition) is 1. The van der Waals surface area contributed by atoms with Crippen molar-refractivity contribution in [1.29, 1.82) is 0 Å². The van der Waals surface area contributed by atoms with E-state index in [4.69, 9.17) is 23.2 Å². The number of nitrogens with one attached hydrogen (secondary N) is 1. The molecule has 0 aromatic heterocycles. The Bertz CT molecular complexity index is 777. The topological polar surface area (TPSA) is 35.6 Å². The molecule has 0 atom stereocenters. The maximum absolute atomic E-state index is 13.0. The van der Waals surface area contributed by atoms with Crippen LogP contribution in [0.4, 0.5) is 10.1 Å². The molecule has 4 nitrogen and oxygen atoms in total. The fourth-order valence-electron chi connectivity index (χ4n) is 3.14. The molecule has 0 aliphatic carbocycles. The molecule has 27 heavy (non-hydrogen) atoms. The van der Waals surface area contributed by atoms with Crippen LogP contribution >= 0.6 is 23.2 Å². The average Bonchev–Trinajstić information content (AvgIpc) is 2.65. The second-order valence-corrected chi connectivity index (χ2v) is 7.42. The molecule has 0 spiro atoms. The van der Waals surface area contributed by atoms with Gasteiger partial charge in [-0.05, 0) is 48.4 Å². The lowest BCUT2D eigenvalue weighted by Crippen LogP contribution is -2.49. The van der Waals surface area contributed by atoms with Crippen molar-refractivity contribution in [2.24, 2.45) is 0 Å². The smallest absolute Gasteiger partial charge is 0.234 e. The number of carbonyl (C=O) groups is 1. The normalized spacial score (nSPS) is 15.0. The Morgan fingerprint density at radius 1 is 1.04 bits per heavy atom. The zero-order chi connectivity index (χ0) is 19.2. The predicted octanol–water partition coefficient (Wildman–Crippen LogP) is 3.61. The Morgan fingerprint density at radius 2 is 1.74 bits per heavy atom. The molecule has 0 radical (unpaired) electrons. The Balaban J connectivity index is 1.38. The number of amides is 1. The van der Waals surface area contributed by atoms with Crippen LogP contribution in [0.5, 0.6) is 0 Å². The second-order valence-electron chi connectivity index (χ2n) is 6.58. The number of rotatable bonds is 6. The minimum Gasteiger partial charge on any atom is -0.369 e. The summed E-state index contributed by atoms with van der Waals surface area (Å²) in [5.74, 6) is -0.218. The molecule has 1 amide bonds. The van der Waals surface area contributed by atoms with Crippen LogP contribution < -0.4 is 10.2 Å². The van der Waals surface area contributed by atoms with Gasteiger partial charge in [0.2, 0.25) is 5.91 Å². The Hall–Kier alpha value is -1.82. The van der Waals surface area contributed by atoms with Crippen LogP contribution in [0.25, 0.3) is 0 Å². The minimum absolute atomic E-state index is 0.00955. The number of anilines is 1. The lowest BCUT2D eigenvalue weighted by molar-refractivity contribution is -0.122. The van der Waals surface area contributed by atoms with E-state index in [2.05, 4.69) is 15.1 Å².